The van der Waals surface area contributed by atoms with Gasteiger partial charge in [0.15, 0.2) is 5.11 Å². The summed E-state index contributed by atoms with van der Waals surface area (Å²) in [6.07, 6.45) is 0.995. The second-order valence-corrected chi connectivity index (χ2v) is 9.66. The number of nitrogens with one attached hydrogen (secondary N) is 1. The summed E-state index contributed by atoms with van der Waals surface area (Å²) in [5, 5.41) is 21.3. The number of aromatic hydroxyl groups is 2. The van der Waals surface area contributed by atoms with Crippen molar-refractivity contribution in [2.24, 2.45) is 0 Å². The number of anilines is 3. The first-order valence-electron chi connectivity index (χ1n) is 9.67. The zero-order valence-electron chi connectivity index (χ0n) is 16.9. The topological polar surface area (TPSA) is 62.2 Å². The molecule has 0 bridgehead atoms. The summed E-state index contributed by atoms with van der Waals surface area (Å²) in [5.41, 5.74) is 4.93. The molecule has 4 rings (SSSR count). The third-order valence-corrected chi connectivity index (χ3v) is 8.68. The minimum Gasteiger partial charge on any atom is -0.508 e. The predicted molar refractivity (Wildman–Crippen MR) is 133 cm³/mol. The molecule has 0 saturated heterocycles. The molecule has 6 nitrogen and oxygen atoms in total. The maximum Gasteiger partial charge on any atom is 0.187 e. The minimum atomic E-state index is -0.607. The highest BCUT2D eigenvalue weighted by atomic mass is 127. The van der Waals surface area contributed by atoms with Crippen LogP contribution >= 0.6 is 33.2 Å². The van der Waals surface area contributed by atoms with Gasteiger partial charge in [-0.25, -0.2) is 0 Å². The van der Waals surface area contributed by atoms with E-state index in [2.05, 4.69) is 52.4 Å². The van der Waals surface area contributed by atoms with Crippen LogP contribution in [0.25, 0.3) is 0 Å². The molecular formula is C21H25IN4O2S. The monoisotopic (exact) mass is 524 g/mol. The van der Waals surface area contributed by atoms with Crippen molar-refractivity contribution in [2.75, 3.05) is 28.3 Å². The molecule has 0 spiro atoms. The number of nitrogens with zero attached hydrogens (tertiary/aromatic N) is 3. The molecule has 0 aliphatic carbocycles. The number of fused-ring (bicyclic) bond motifs is 1. The Morgan fingerprint density at radius 3 is 2.55 bits per heavy atom. The SMILES string of the molecule is CCc1cc(C2=INC(=S)N2c2ccc3c(c2)N(C)C(C)N3CC)c(O)cc1O. The van der Waals surface area contributed by atoms with E-state index >= 15 is 0 Å². The Bertz CT molecular complexity index is 1030. The smallest absolute Gasteiger partial charge is 0.187 e. The van der Waals surface area contributed by atoms with Crippen molar-refractivity contribution < 1.29 is 10.2 Å². The van der Waals surface area contributed by atoms with Crippen LogP contribution in [0.3, 0.4) is 0 Å². The number of rotatable bonds is 4. The van der Waals surface area contributed by atoms with Crippen LogP contribution < -0.4 is 18.2 Å². The standard InChI is InChI=1S/C21H25IN4O2S/c1-5-13-9-15(19(28)11-18(13)27)20-22-23-21(29)26(20)14-7-8-16-17(10-14)24(4)12(3)25(16)6-2/h7-12,27-28H,5-6H2,1-4H3,(H,23,29). The Morgan fingerprint density at radius 1 is 1.10 bits per heavy atom. The lowest BCUT2D eigenvalue weighted by atomic mass is 10.1. The van der Waals surface area contributed by atoms with Crippen LogP contribution in [0.2, 0.25) is 0 Å². The molecule has 2 aliphatic rings. The number of halogens is 1. The van der Waals surface area contributed by atoms with Gasteiger partial charge >= 0.3 is 0 Å². The summed E-state index contributed by atoms with van der Waals surface area (Å²) in [6.45, 7) is 7.31. The van der Waals surface area contributed by atoms with E-state index in [1.165, 1.54) is 17.4 Å². The lowest BCUT2D eigenvalue weighted by Crippen LogP contribution is -2.38. The third kappa shape index (κ3) is 3.22. The van der Waals surface area contributed by atoms with Gasteiger partial charge in [0.2, 0.25) is 0 Å². The van der Waals surface area contributed by atoms with Crippen molar-refractivity contribution in [2.45, 2.75) is 33.4 Å². The average molecular weight is 524 g/mol. The summed E-state index contributed by atoms with van der Waals surface area (Å²) < 4.78 is 4.32. The maximum atomic E-state index is 10.5. The molecule has 1 unspecified atom stereocenters. The number of thiocarbonyl (C=S) groups is 1. The van der Waals surface area contributed by atoms with Gasteiger partial charge in [0.05, 0.1) is 23.2 Å². The quantitative estimate of drug-likeness (QED) is 0.317. The summed E-state index contributed by atoms with van der Waals surface area (Å²) in [5.74, 6) is 0.204. The molecule has 2 aromatic carbocycles. The zero-order chi connectivity index (χ0) is 20.9. The van der Waals surface area contributed by atoms with E-state index in [1.54, 1.807) is 0 Å². The molecule has 0 aromatic heterocycles. The first kappa shape index (κ1) is 20.2. The van der Waals surface area contributed by atoms with Gasteiger partial charge in [0.1, 0.15) is 15.1 Å². The number of hydrogen-bond donors (Lipinski definition) is 3. The van der Waals surface area contributed by atoms with Crippen molar-refractivity contribution in [3.8, 4) is 11.5 Å². The fourth-order valence-electron chi connectivity index (χ4n) is 3.95. The van der Waals surface area contributed by atoms with Gasteiger partial charge in [0.25, 0.3) is 0 Å². The molecule has 2 aliphatic heterocycles. The van der Waals surface area contributed by atoms with Crippen molar-refractivity contribution in [3.05, 3.63) is 41.5 Å². The highest BCUT2D eigenvalue weighted by Gasteiger charge is 2.32. The van der Waals surface area contributed by atoms with Crippen LogP contribution in [0, 0.1) is 0 Å². The molecule has 3 N–H and O–H groups in total. The van der Waals surface area contributed by atoms with E-state index in [0.29, 0.717) is 17.7 Å². The van der Waals surface area contributed by atoms with E-state index < -0.39 is 21.0 Å². The van der Waals surface area contributed by atoms with Gasteiger partial charge in [-0.15, -0.1) is 0 Å². The van der Waals surface area contributed by atoms with Gasteiger partial charge in [-0.05, 0) is 62.3 Å². The van der Waals surface area contributed by atoms with E-state index in [-0.39, 0.29) is 11.5 Å². The van der Waals surface area contributed by atoms with Crippen LogP contribution in [0.1, 0.15) is 31.9 Å². The fourth-order valence-corrected chi connectivity index (χ4v) is 6.78. The number of benzene rings is 2. The van der Waals surface area contributed by atoms with Crippen LogP contribution in [0.5, 0.6) is 11.5 Å². The molecule has 0 fully saturated rings. The summed E-state index contributed by atoms with van der Waals surface area (Å²) in [7, 11) is 2.11. The van der Waals surface area contributed by atoms with Gasteiger partial charge in [0, 0.05) is 46.2 Å². The van der Waals surface area contributed by atoms with E-state index in [9.17, 15) is 10.2 Å². The molecule has 2 aromatic rings. The van der Waals surface area contributed by atoms with Gasteiger partial charge in [-0.3, -0.25) is 4.90 Å². The van der Waals surface area contributed by atoms with Crippen molar-refractivity contribution >= 4 is 59.0 Å². The molecule has 2 heterocycles. The van der Waals surface area contributed by atoms with Crippen LogP contribution in [0.4, 0.5) is 17.1 Å². The molecule has 0 radical (unpaired) electrons. The number of phenolic OH excluding ortho intramolecular Hbond substituents is 2. The first-order chi connectivity index (χ1) is 13.9. The maximum absolute atomic E-state index is 10.5. The Balaban J connectivity index is 1.78. The predicted octanol–water partition coefficient (Wildman–Crippen LogP) is 4.04. The first-order valence-corrected chi connectivity index (χ1v) is 12.2. The van der Waals surface area contributed by atoms with Crippen molar-refractivity contribution in [1.29, 1.82) is 0 Å². The lowest BCUT2D eigenvalue weighted by molar-refractivity contribution is 0.446. The molecule has 154 valence electrons. The van der Waals surface area contributed by atoms with Crippen molar-refractivity contribution in [3.63, 3.8) is 0 Å². The third-order valence-electron chi connectivity index (χ3n) is 5.68. The Hall–Kier alpha value is -2.07. The van der Waals surface area contributed by atoms with Crippen LogP contribution in [-0.2, 0) is 6.42 Å². The highest BCUT2D eigenvalue weighted by molar-refractivity contribution is 14.2. The molecular weight excluding hydrogens is 499 g/mol. The molecule has 0 saturated carbocycles. The van der Waals surface area contributed by atoms with Crippen LogP contribution in [-0.4, -0.2) is 38.7 Å². The van der Waals surface area contributed by atoms with Crippen LogP contribution in [0.15, 0.2) is 30.3 Å². The second kappa shape index (κ2) is 7.64. The Labute approximate surface area is 186 Å². The Kier molecular flexibility index (Phi) is 5.32. The molecule has 1 atom stereocenters. The number of aryl methyl sites for hydroxylation is 1. The fraction of sp³-hybridized carbons (Fsp3) is 0.333. The number of phenols is 2. The summed E-state index contributed by atoms with van der Waals surface area (Å²) in [6, 6.07) is 9.72. The van der Waals surface area contributed by atoms with Gasteiger partial charge < -0.3 is 23.5 Å². The van der Waals surface area contributed by atoms with Gasteiger partial charge in [-0.1, -0.05) is 6.92 Å². The molecule has 8 heteroatoms. The minimum absolute atomic E-state index is 0.0787. The number of hydrogen-bond acceptors (Lipinski definition) is 5. The zero-order valence-corrected chi connectivity index (χ0v) is 19.9. The van der Waals surface area contributed by atoms with E-state index in [4.69, 9.17) is 12.2 Å². The summed E-state index contributed by atoms with van der Waals surface area (Å²) in [4.78, 5) is 6.68. The average Bonchev–Trinajstić information content (AvgIpc) is 3.19. The summed E-state index contributed by atoms with van der Waals surface area (Å²) >= 11 is 5.02. The highest BCUT2D eigenvalue weighted by Crippen LogP contribution is 2.42. The molecule has 29 heavy (non-hydrogen) atoms. The second-order valence-electron chi connectivity index (χ2n) is 7.17. The largest absolute Gasteiger partial charge is 0.508 e. The van der Waals surface area contributed by atoms with E-state index in [0.717, 1.165) is 27.0 Å². The Morgan fingerprint density at radius 2 is 1.86 bits per heavy atom. The normalized spacial score (nSPS) is 18.5. The van der Waals surface area contributed by atoms with E-state index in [1.807, 2.05) is 17.9 Å². The van der Waals surface area contributed by atoms with Crippen molar-refractivity contribution in [1.82, 2.24) is 3.53 Å². The lowest BCUT2D eigenvalue weighted by Gasteiger charge is -2.26. The van der Waals surface area contributed by atoms with Gasteiger partial charge in [-0.2, -0.15) is 0 Å². The molecule has 0 amide bonds.